The molecule has 0 aromatic heterocycles. The number of aryl methyl sites for hydroxylation is 1. The number of methoxy groups -OCH3 is 1. The summed E-state index contributed by atoms with van der Waals surface area (Å²) in [6.45, 7) is 3.74. The van der Waals surface area contributed by atoms with Crippen molar-refractivity contribution < 1.29 is 13.2 Å². The van der Waals surface area contributed by atoms with Crippen molar-refractivity contribution in [1.82, 2.24) is 0 Å². The summed E-state index contributed by atoms with van der Waals surface area (Å²) in [4.78, 5) is 0. The molecule has 0 bridgehead atoms. The van der Waals surface area contributed by atoms with Gasteiger partial charge in [-0.05, 0) is 12.5 Å². The van der Waals surface area contributed by atoms with E-state index in [1.807, 2.05) is 31.2 Å². The van der Waals surface area contributed by atoms with Gasteiger partial charge in [0.25, 0.3) is 0 Å². The molecule has 1 aromatic carbocycles. The number of benzene rings is 1. The number of hydrogen-bond acceptors (Lipinski definition) is 4. The Kier molecular flexibility index (Phi) is 3.90. The van der Waals surface area contributed by atoms with E-state index < -0.39 is 20.5 Å². The van der Waals surface area contributed by atoms with Gasteiger partial charge in [0.2, 0.25) is 0 Å². The molecule has 2 rings (SSSR count). The predicted octanol–water partition coefficient (Wildman–Crippen LogP) is 2.05. The highest BCUT2D eigenvalue weighted by molar-refractivity contribution is 7.92. The molecule has 20 heavy (non-hydrogen) atoms. The minimum atomic E-state index is -3.28. The minimum Gasteiger partial charge on any atom is -0.383 e. The van der Waals surface area contributed by atoms with E-state index in [0.29, 0.717) is 0 Å². The minimum absolute atomic E-state index is 0.0488. The van der Waals surface area contributed by atoms with Gasteiger partial charge in [0, 0.05) is 18.8 Å². The molecule has 0 saturated heterocycles. The second-order valence-corrected chi connectivity index (χ2v) is 7.76. The predicted molar refractivity (Wildman–Crippen MR) is 77.1 cm³/mol. The highest BCUT2D eigenvalue weighted by Crippen LogP contribution is 2.62. The fraction of sp³-hybridized carbons (Fsp3) is 0.533. The average Bonchev–Trinajstić information content (AvgIpc) is 3.10. The Morgan fingerprint density at radius 2 is 1.95 bits per heavy atom. The molecule has 0 heterocycles. The summed E-state index contributed by atoms with van der Waals surface area (Å²) in [5, 5.41) is 8.85. The van der Waals surface area contributed by atoms with Crippen molar-refractivity contribution in [2.75, 3.05) is 19.5 Å². The Hall–Kier alpha value is -1.38. The van der Waals surface area contributed by atoms with Gasteiger partial charge in [0.15, 0.2) is 9.84 Å². The van der Waals surface area contributed by atoms with E-state index in [-0.39, 0.29) is 18.3 Å². The molecule has 0 spiro atoms. The SMILES string of the molecule is CCS(=O)(=O)[C@@H]1[C@H](c2ccc(C)cc2)[C@@]1(C#N)COC. The van der Waals surface area contributed by atoms with Crippen molar-refractivity contribution in [2.24, 2.45) is 5.41 Å². The molecule has 0 N–H and O–H groups in total. The van der Waals surface area contributed by atoms with Crippen LogP contribution in [0.1, 0.15) is 24.0 Å². The fourth-order valence-corrected chi connectivity index (χ4v) is 4.94. The fourth-order valence-electron chi connectivity index (χ4n) is 2.93. The van der Waals surface area contributed by atoms with Crippen LogP contribution in [-0.4, -0.2) is 33.1 Å². The summed E-state index contributed by atoms with van der Waals surface area (Å²) in [5.74, 6) is -0.245. The van der Waals surface area contributed by atoms with Crippen LogP contribution in [0.4, 0.5) is 0 Å². The molecule has 5 heteroatoms. The largest absolute Gasteiger partial charge is 0.383 e. The monoisotopic (exact) mass is 293 g/mol. The van der Waals surface area contributed by atoms with Gasteiger partial charge < -0.3 is 4.74 Å². The van der Waals surface area contributed by atoms with Crippen molar-refractivity contribution >= 4 is 9.84 Å². The Balaban J connectivity index is 2.45. The summed E-state index contributed by atoms with van der Waals surface area (Å²) in [6, 6.07) is 9.91. The summed E-state index contributed by atoms with van der Waals surface area (Å²) in [5.41, 5.74) is 1.06. The van der Waals surface area contributed by atoms with E-state index in [2.05, 4.69) is 6.07 Å². The zero-order valence-electron chi connectivity index (χ0n) is 12.0. The van der Waals surface area contributed by atoms with Crippen molar-refractivity contribution in [3.05, 3.63) is 35.4 Å². The average molecular weight is 293 g/mol. The Morgan fingerprint density at radius 3 is 2.40 bits per heavy atom. The third-order valence-electron chi connectivity index (χ3n) is 4.07. The molecule has 1 saturated carbocycles. The molecule has 1 aliphatic carbocycles. The molecule has 0 aliphatic heterocycles. The van der Waals surface area contributed by atoms with Crippen LogP contribution in [0.5, 0.6) is 0 Å². The Bertz CT molecular complexity index is 630. The third-order valence-corrected chi connectivity index (χ3v) is 6.34. The standard InChI is InChI=1S/C15H19NO3S/c1-4-20(17,18)14-13(15(14,9-16)10-19-3)12-7-5-11(2)6-8-12/h5-8,13-14H,4,10H2,1-3H3/t13-,14+,15+/m0/s1. The first-order valence-electron chi connectivity index (χ1n) is 6.61. The van der Waals surface area contributed by atoms with Gasteiger partial charge in [-0.2, -0.15) is 5.26 Å². The van der Waals surface area contributed by atoms with Crippen LogP contribution < -0.4 is 0 Å². The molecule has 0 radical (unpaired) electrons. The smallest absolute Gasteiger partial charge is 0.155 e. The number of nitrogens with zero attached hydrogens (tertiary/aromatic N) is 1. The van der Waals surface area contributed by atoms with Gasteiger partial charge in [-0.15, -0.1) is 0 Å². The maximum Gasteiger partial charge on any atom is 0.155 e. The molecule has 0 unspecified atom stereocenters. The van der Waals surface area contributed by atoms with Crippen LogP contribution >= 0.6 is 0 Å². The highest BCUT2D eigenvalue weighted by atomic mass is 32.2. The maximum atomic E-state index is 12.3. The third kappa shape index (κ3) is 2.23. The van der Waals surface area contributed by atoms with Gasteiger partial charge in [0.1, 0.15) is 5.41 Å². The van der Waals surface area contributed by atoms with Crippen molar-refractivity contribution in [3.63, 3.8) is 0 Å². The topological polar surface area (TPSA) is 67.2 Å². The van der Waals surface area contributed by atoms with E-state index in [1.165, 1.54) is 7.11 Å². The van der Waals surface area contributed by atoms with Gasteiger partial charge >= 0.3 is 0 Å². The molecular weight excluding hydrogens is 274 g/mol. The lowest BCUT2D eigenvalue weighted by atomic mass is 10.0. The number of rotatable bonds is 5. The van der Waals surface area contributed by atoms with Gasteiger partial charge in [-0.1, -0.05) is 36.8 Å². The Labute approximate surface area is 120 Å². The first-order chi connectivity index (χ1) is 9.43. The lowest BCUT2D eigenvalue weighted by Crippen LogP contribution is -2.20. The van der Waals surface area contributed by atoms with Crippen LogP contribution in [0.3, 0.4) is 0 Å². The van der Waals surface area contributed by atoms with Crippen molar-refractivity contribution in [1.29, 1.82) is 5.26 Å². The molecule has 4 nitrogen and oxygen atoms in total. The summed E-state index contributed by atoms with van der Waals surface area (Å²) in [6.07, 6.45) is 0. The lowest BCUT2D eigenvalue weighted by Gasteiger charge is -2.07. The van der Waals surface area contributed by atoms with E-state index in [0.717, 1.165) is 11.1 Å². The summed E-state index contributed by atoms with van der Waals surface area (Å²) < 4.78 is 29.6. The number of ether oxygens (including phenoxy) is 1. The molecule has 1 aromatic rings. The lowest BCUT2D eigenvalue weighted by molar-refractivity contribution is 0.162. The molecule has 108 valence electrons. The number of nitriles is 1. The van der Waals surface area contributed by atoms with Crippen molar-refractivity contribution in [2.45, 2.75) is 25.0 Å². The molecular formula is C15H19NO3S. The van der Waals surface area contributed by atoms with Crippen molar-refractivity contribution in [3.8, 4) is 6.07 Å². The second kappa shape index (κ2) is 5.19. The van der Waals surface area contributed by atoms with E-state index >= 15 is 0 Å². The maximum absolute atomic E-state index is 12.3. The van der Waals surface area contributed by atoms with Crippen LogP contribution in [0.2, 0.25) is 0 Å². The van der Waals surface area contributed by atoms with Crippen LogP contribution in [0.25, 0.3) is 0 Å². The number of hydrogen-bond donors (Lipinski definition) is 0. The molecule has 3 atom stereocenters. The first-order valence-corrected chi connectivity index (χ1v) is 8.33. The van der Waals surface area contributed by atoms with Crippen LogP contribution in [0.15, 0.2) is 24.3 Å². The van der Waals surface area contributed by atoms with E-state index in [4.69, 9.17) is 4.74 Å². The Morgan fingerprint density at radius 1 is 1.35 bits per heavy atom. The highest BCUT2D eigenvalue weighted by Gasteiger charge is 2.71. The van der Waals surface area contributed by atoms with Crippen LogP contribution in [0, 0.1) is 23.7 Å². The molecule has 0 amide bonds. The quantitative estimate of drug-likeness (QED) is 0.833. The molecule has 1 fully saturated rings. The van der Waals surface area contributed by atoms with E-state index in [9.17, 15) is 13.7 Å². The normalized spacial score (nSPS) is 28.9. The van der Waals surface area contributed by atoms with Gasteiger partial charge in [0.05, 0.1) is 17.9 Å². The van der Waals surface area contributed by atoms with Crippen LogP contribution in [-0.2, 0) is 14.6 Å². The molecule has 1 aliphatic rings. The number of sulfone groups is 1. The zero-order chi connectivity index (χ0) is 15.0. The summed E-state index contributed by atoms with van der Waals surface area (Å²) >= 11 is 0. The van der Waals surface area contributed by atoms with Gasteiger partial charge in [-0.25, -0.2) is 8.42 Å². The first kappa shape index (κ1) is 15.0. The summed E-state index contributed by atoms with van der Waals surface area (Å²) in [7, 11) is -1.78. The van der Waals surface area contributed by atoms with E-state index in [1.54, 1.807) is 6.92 Å². The zero-order valence-corrected chi connectivity index (χ0v) is 12.8. The van der Waals surface area contributed by atoms with Gasteiger partial charge in [-0.3, -0.25) is 0 Å². The second-order valence-electron chi connectivity index (χ2n) is 5.35.